The van der Waals surface area contributed by atoms with Crippen LogP contribution >= 0.6 is 11.6 Å². The molecule has 4 nitrogen and oxygen atoms in total. The van der Waals surface area contributed by atoms with E-state index in [1.54, 1.807) is 18.5 Å². The van der Waals surface area contributed by atoms with Gasteiger partial charge < -0.3 is 10.2 Å². The molecule has 0 fully saturated rings. The lowest BCUT2D eigenvalue weighted by molar-refractivity contribution is 0.573. The predicted octanol–water partition coefficient (Wildman–Crippen LogP) is 2.28. The van der Waals surface area contributed by atoms with E-state index in [9.17, 15) is 0 Å². The molecule has 0 amide bonds. The van der Waals surface area contributed by atoms with Crippen LogP contribution in [0.15, 0.2) is 22.9 Å². The first kappa shape index (κ1) is 9.02. The van der Waals surface area contributed by atoms with Crippen molar-refractivity contribution in [2.24, 2.45) is 0 Å². The van der Waals surface area contributed by atoms with Crippen molar-refractivity contribution in [3.63, 3.8) is 0 Å². The van der Waals surface area contributed by atoms with Crippen LogP contribution in [0.5, 0.6) is 0 Å². The SMILES string of the molecule is Cc1coc(-c2ccnc(Cl)c2N)n1. The van der Waals surface area contributed by atoms with Gasteiger partial charge in [-0.15, -0.1) is 0 Å². The summed E-state index contributed by atoms with van der Waals surface area (Å²) < 4.78 is 5.21. The first-order chi connectivity index (χ1) is 6.68. The lowest BCUT2D eigenvalue weighted by atomic mass is 10.2. The average Bonchev–Trinajstić information content (AvgIpc) is 2.57. The van der Waals surface area contributed by atoms with Crippen LogP contribution in [0, 0.1) is 6.92 Å². The van der Waals surface area contributed by atoms with Gasteiger partial charge >= 0.3 is 0 Å². The summed E-state index contributed by atoms with van der Waals surface area (Å²) in [4.78, 5) is 7.99. The maximum atomic E-state index is 5.76. The maximum Gasteiger partial charge on any atom is 0.228 e. The van der Waals surface area contributed by atoms with Gasteiger partial charge in [-0.25, -0.2) is 9.97 Å². The Hall–Kier alpha value is -1.55. The van der Waals surface area contributed by atoms with Gasteiger partial charge in [0.25, 0.3) is 0 Å². The zero-order chi connectivity index (χ0) is 10.1. The van der Waals surface area contributed by atoms with E-state index in [-0.39, 0.29) is 5.15 Å². The molecule has 2 heterocycles. The molecule has 2 aromatic heterocycles. The van der Waals surface area contributed by atoms with Gasteiger partial charge in [-0.05, 0) is 13.0 Å². The molecule has 14 heavy (non-hydrogen) atoms. The number of nitrogens with two attached hydrogens (primary N) is 1. The summed E-state index contributed by atoms with van der Waals surface area (Å²) in [5, 5.41) is 0.262. The summed E-state index contributed by atoms with van der Waals surface area (Å²) in [7, 11) is 0. The van der Waals surface area contributed by atoms with Crippen LogP contribution in [-0.2, 0) is 0 Å². The molecule has 0 aliphatic heterocycles. The van der Waals surface area contributed by atoms with Crippen LogP contribution < -0.4 is 5.73 Å². The minimum atomic E-state index is 0.262. The number of aromatic nitrogens is 2. The van der Waals surface area contributed by atoms with Crippen molar-refractivity contribution in [1.82, 2.24) is 9.97 Å². The van der Waals surface area contributed by atoms with Crippen molar-refractivity contribution in [3.8, 4) is 11.5 Å². The molecule has 0 unspecified atom stereocenters. The Morgan fingerprint density at radius 1 is 1.50 bits per heavy atom. The number of nitrogens with zero attached hydrogens (tertiary/aromatic N) is 2. The highest BCUT2D eigenvalue weighted by Crippen LogP contribution is 2.28. The molecule has 0 bridgehead atoms. The van der Waals surface area contributed by atoms with Gasteiger partial charge in [0.05, 0.1) is 16.9 Å². The summed E-state index contributed by atoms with van der Waals surface area (Å²) in [5.74, 6) is 0.462. The molecule has 0 atom stereocenters. The third kappa shape index (κ3) is 1.44. The lowest BCUT2D eigenvalue weighted by Crippen LogP contribution is -1.93. The molecule has 0 spiro atoms. The number of pyridine rings is 1. The van der Waals surface area contributed by atoms with Crippen molar-refractivity contribution >= 4 is 17.3 Å². The number of rotatable bonds is 1. The second-order valence-electron chi connectivity index (χ2n) is 2.86. The highest BCUT2D eigenvalue weighted by Gasteiger charge is 2.10. The molecular formula is C9H8ClN3O. The van der Waals surface area contributed by atoms with Crippen molar-refractivity contribution in [3.05, 3.63) is 29.4 Å². The fraction of sp³-hybridized carbons (Fsp3) is 0.111. The quantitative estimate of drug-likeness (QED) is 0.732. The fourth-order valence-corrected chi connectivity index (χ4v) is 1.27. The Bertz CT molecular complexity index is 467. The molecule has 0 aliphatic carbocycles. The summed E-state index contributed by atoms with van der Waals surface area (Å²) in [6, 6.07) is 1.71. The molecule has 0 saturated heterocycles. The van der Waals surface area contributed by atoms with Gasteiger partial charge in [-0.3, -0.25) is 0 Å². The highest BCUT2D eigenvalue weighted by molar-refractivity contribution is 6.32. The van der Waals surface area contributed by atoms with E-state index in [2.05, 4.69) is 9.97 Å². The van der Waals surface area contributed by atoms with Crippen LogP contribution in [0.2, 0.25) is 5.15 Å². The van der Waals surface area contributed by atoms with E-state index >= 15 is 0 Å². The zero-order valence-corrected chi connectivity index (χ0v) is 8.25. The lowest BCUT2D eigenvalue weighted by Gasteiger charge is -2.01. The van der Waals surface area contributed by atoms with E-state index in [1.165, 1.54) is 0 Å². The summed E-state index contributed by atoms with van der Waals surface area (Å²) in [6.07, 6.45) is 3.12. The Labute approximate surface area is 85.7 Å². The molecule has 2 N–H and O–H groups in total. The second kappa shape index (κ2) is 3.31. The van der Waals surface area contributed by atoms with E-state index < -0.39 is 0 Å². The molecule has 0 aliphatic rings. The van der Waals surface area contributed by atoms with E-state index in [4.69, 9.17) is 21.8 Å². The fourth-order valence-electron chi connectivity index (χ4n) is 1.11. The van der Waals surface area contributed by atoms with Gasteiger partial charge in [0, 0.05) is 6.20 Å². The topological polar surface area (TPSA) is 64.9 Å². The van der Waals surface area contributed by atoms with Crippen molar-refractivity contribution in [2.45, 2.75) is 6.92 Å². The number of anilines is 1. The van der Waals surface area contributed by atoms with E-state index in [1.807, 2.05) is 6.92 Å². The molecule has 0 aromatic carbocycles. The van der Waals surface area contributed by atoms with Gasteiger partial charge in [0.15, 0.2) is 5.15 Å². The summed E-state index contributed by atoms with van der Waals surface area (Å²) in [6.45, 7) is 1.84. The van der Waals surface area contributed by atoms with Crippen molar-refractivity contribution < 1.29 is 4.42 Å². The van der Waals surface area contributed by atoms with Crippen LogP contribution in [0.1, 0.15) is 5.69 Å². The predicted molar refractivity (Wildman–Crippen MR) is 53.9 cm³/mol. The number of hydrogen-bond acceptors (Lipinski definition) is 4. The van der Waals surface area contributed by atoms with E-state index in [0.717, 1.165) is 5.69 Å². The standard InChI is InChI=1S/C9H8ClN3O/c1-5-4-14-9(13-5)6-2-3-12-8(10)7(6)11/h2-4H,11H2,1H3. The largest absolute Gasteiger partial charge is 0.444 e. The molecule has 72 valence electrons. The minimum Gasteiger partial charge on any atom is -0.444 e. The van der Waals surface area contributed by atoms with Crippen LogP contribution in [0.25, 0.3) is 11.5 Å². The number of aryl methyl sites for hydroxylation is 1. The first-order valence-electron chi connectivity index (χ1n) is 4.01. The molecule has 0 radical (unpaired) electrons. The van der Waals surface area contributed by atoms with Crippen molar-refractivity contribution in [1.29, 1.82) is 0 Å². The van der Waals surface area contributed by atoms with Crippen molar-refractivity contribution in [2.75, 3.05) is 5.73 Å². The first-order valence-corrected chi connectivity index (χ1v) is 4.39. The maximum absolute atomic E-state index is 5.76. The monoisotopic (exact) mass is 209 g/mol. The Balaban J connectivity index is 2.57. The van der Waals surface area contributed by atoms with Crippen LogP contribution in [0.4, 0.5) is 5.69 Å². The number of oxazole rings is 1. The van der Waals surface area contributed by atoms with Crippen LogP contribution in [-0.4, -0.2) is 9.97 Å². The van der Waals surface area contributed by atoms with Gasteiger partial charge in [0.1, 0.15) is 6.26 Å². The van der Waals surface area contributed by atoms with E-state index in [0.29, 0.717) is 17.1 Å². The number of halogens is 1. The second-order valence-corrected chi connectivity index (χ2v) is 3.22. The highest BCUT2D eigenvalue weighted by atomic mass is 35.5. The van der Waals surface area contributed by atoms with Gasteiger partial charge in [-0.2, -0.15) is 0 Å². The van der Waals surface area contributed by atoms with Crippen LogP contribution in [0.3, 0.4) is 0 Å². The molecule has 5 heteroatoms. The third-order valence-corrected chi connectivity index (χ3v) is 2.09. The summed E-state index contributed by atoms with van der Waals surface area (Å²) >= 11 is 5.76. The minimum absolute atomic E-state index is 0.262. The number of nitrogen functional groups attached to an aromatic ring is 1. The Kier molecular flexibility index (Phi) is 2.13. The zero-order valence-electron chi connectivity index (χ0n) is 7.49. The smallest absolute Gasteiger partial charge is 0.228 e. The summed E-state index contributed by atoms with van der Waals surface area (Å²) in [5.41, 5.74) is 7.58. The molecule has 2 aromatic rings. The molecule has 0 saturated carbocycles. The normalized spacial score (nSPS) is 10.4. The Morgan fingerprint density at radius 2 is 2.29 bits per heavy atom. The molecule has 2 rings (SSSR count). The van der Waals surface area contributed by atoms with Gasteiger partial charge in [0.2, 0.25) is 5.89 Å². The van der Waals surface area contributed by atoms with Gasteiger partial charge in [-0.1, -0.05) is 11.6 Å². The third-order valence-electron chi connectivity index (χ3n) is 1.79. The average molecular weight is 210 g/mol. The number of hydrogen-bond donors (Lipinski definition) is 1. The molecular weight excluding hydrogens is 202 g/mol. The Morgan fingerprint density at radius 3 is 2.93 bits per heavy atom.